The summed E-state index contributed by atoms with van der Waals surface area (Å²) < 4.78 is 3.20. The summed E-state index contributed by atoms with van der Waals surface area (Å²) in [6, 6.07) is 0. The fourth-order valence-corrected chi connectivity index (χ4v) is 2.54. The Morgan fingerprint density at radius 3 is 2.70 bits per heavy atom. The summed E-state index contributed by atoms with van der Waals surface area (Å²) >= 11 is 6.61. The maximum Gasteiger partial charge on any atom is 0.275 e. The van der Waals surface area contributed by atoms with E-state index in [1.54, 1.807) is 18.1 Å². The van der Waals surface area contributed by atoms with E-state index in [4.69, 9.17) is 0 Å². The largest absolute Gasteiger partial charge is 0.336 e. The number of hydrogen-bond donors (Lipinski definition) is 1. The Kier molecular flexibility index (Phi) is 4.64. The minimum atomic E-state index is -0.150. The molecule has 0 aliphatic rings. The van der Waals surface area contributed by atoms with Crippen LogP contribution in [0.2, 0.25) is 0 Å². The third-order valence-electron chi connectivity index (χ3n) is 3.13. The summed E-state index contributed by atoms with van der Waals surface area (Å²) in [4.78, 5) is 14.0. The van der Waals surface area contributed by atoms with Crippen LogP contribution < -0.4 is 0 Å². The van der Waals surface area contributed by atoms with Gasteiger partial charge in [0.25, 0.3) is 5.91 Å². The van der Waals surface area contributed by atoms with Gasteiger partial charge in [0.15, 0.2) is 5.69 Å². The van der Waals surface area contributed by atoms with Gasteiger partial charge in [0, 0.05) is 31.4 Å². The van der Waals surface area contributed by atoms with Crippen LogP contribution in [0.4, 0.5) is 0 Å². The van der Waals surface area contributed by atoms with Gasteiger partial charge in [-0.05, 0) is 45.7 Å². The molecule has 1 amide bonds. The van der Waals surface area contributed by atoms with Crippen molar-refractivity contribution in [2.75, 3.05) is 7.05 Å². The van der Waals surface area contributed by atoms with Gasteiger partial charge in [-0.15, -0.1) is 0 Å². The molecule has 0 atom stereocenters. The first-order valence-corrected chi connectivity index (χ1v) is 7.70. The quantitative estimate of drug-likeness (QED) is 0.851. The van der Waals surface area contributed by atoms with E-state index in [-0.39, 0.29) is 5.91 Å². The summed E-state index contributed by atoms with van der Waals surface area (Å²) in [5, 5.41) is 11.0. The zero-order valence-corrected chi connectivity index (χ0v) is 14.6. The van der Waals surface area contributed by atoms with Crippen molar-refractivity contribution in [3.8, 4) is 0 Å². The van der Waals surface area contributed by atoms with Gasteiger partial charge in [0.05, 0.1) is 10.7 Å². The van der Waals surface area contributed by atoms with Crippen molar-refractivity contribution in [1.29, 1.82) is 0 Å². The molecule has 0 aliphatic carbocycles. The van der Waals surface area contributed by atoms with Crippen LogP contribution in [-0.4, -0.2) is 37.8 Å². The molecular formula is C12H15Br2N5O. The Bertz CT molecular complexity index is 634. The van der Waals surface area contributed by atoms with E-state index < -0.39 is 0 Å². The number of halogens is 2. The molecule has 20 heavy (non-hydrogen) atoms. The number of rotatable bonds is 4. The summed E-state index contributed by atoms with van der Waals surface area (Å²) in [6.45, 7) is 5.37. The van der Waals surface area contributed by atoms with Crippen molar-refractivity contribution in [2.45, 2.75) is 26.9 Å². The third kappa shape index (κ3) is 2.80. The first kappa shape index (κ1) is 15.2. The number of aryl methyl sites for hydroxylation is 1. The van der Waals surface area contributed by atoms with Gasteiger partial charge in [-0.25, -0.2) is 0 Å². The molecule has 2 heterocycles. The molecular weight excluding hydrogens is 390 g/mol. The van der Waals surface area contributed by atoms with Crippen molar-refractivity contribution >= 4 is 37.8 Å². The first-order chi connectivity index (χ1) is 9.45. The SMILES string of the molecule is CCn1ncc(CN(C)C(=O)c2n[nH]c(Br)c2Br)c1C. The maximum atomic E-state index is 12.3. The monoisotopic (exact) mass is 403 g/mol. The van der Waals surface area contributed by atoms with Gasteiger partial charge in [-0.2, -0.15) is 10.2 Å². The lowest BCUT2D eigenvalue weighted by atomic mass is 10.2. The number of aromatic amines is 1. The first-order valence-electron chi connectivity index (χ1n) is 6.11. The molecule has 0 aromatic carbocycles. The predicted octanol–water partition coefficient (Wildman–Crippen LogP) is 2.73. The molecule has 0 saturated heterocycles. The van der Waals surface area contributed by atoms with Crippen LogP contribution in [0.3, 0.4) is 0 Å². The topological polar surface area (TPSA) is 66.8 Å². The smallest absolute Gasteiger partial charge is 0.275 e. The number of aromatic nitrogens is 4. The molecule has 8 heteroatoms. The molecule has 0 saturated carbocycles. The Labute approximate surface area is 133 Å². The van der Waals surface area contributed by atoms with Gasteiger partial charge in [0.2, 0.25) is 0 Å². The van der Waals surface area contributed by atoms with Gasteiger partial charge in [-0.1, -0.05) is 0 Å². The molecule has 0 radical (unpaired) electrons. The van der Waals surface area contributed by atoms with Gasteiger partial charge in [-0.3, -0.25) is 14.6 Å². The van der Waals surface area contributed by atoms with Crippen molar-refractivity contribution < 1.29 is 4.79 Å². The van der Waals surface area contributed by atoms with E-state index in [0.29, 0.717) is 21.3 Å². The van der Waals surface area contributed by atoms with E-state index >= 15 is 0 Å². The number of hydrogen-bond acceptors (Lipinski definition) is 3. The van der Waals surface area contributed by atoms with E-state index in [0.717, 1.165) is 17.8 Å². The van der Waals surface area contributed by atoms with E-state index in [1.165, 1.54) is 0 Å². The van der Waals surface area contributed by atoms with Crippen LogP contribution in [0.15, 0.2) is 15.3 Å². The van der Waals surface area contributed by atoms with Crippen LogP contribution in [0.1, 0.15) is 28.7 Å². The lowest BCUT2D eigenvalue weighted by Crippen LogP contribution is -2.27. The normalized spacial score (nSPS) is 10.8. The number of nitrogens with zero attached hydrogens (tertiary/aromatic N) is 4. The molecule has 0 aliphatic heterocycles. The highest BCUT2D eigenvalue weighted by Gasteiger charge is 2.21. The second-order valence-corrected chi connectivity index (χ2v) is 6.02. The summed E-state index contributed by atoms with van der Waals surface area (Å²) in [7, 11) is 1.75. The molecule has 1 N–H and O–H groups in total. The van der Waals surface area contributed by atoms with Crippen LogP contribution in [0.5, 0.6) is 0 Å². The highest BCUT2D eigenvalue weighted by Crippen LogP contribution is 2.25. The van der Waals surface area contributed by atoms with Crippen LogP contribution in [0.25, 0.3) is 0 Å². The van der Waals surface area contributed by atoms with Gasteiger partial charge in [0.1, 0.15) is 4.60 Å². The molecule has 6 nitrogen and oxygen atoms in total. The standard InChI is InChI=1S/C12H15Br2N5O/c1-4-19-7(2)8(5-15-19)6-18(3)12(20)10-9(13)11(14)17-16-10/h5H,4,6H2,1-3H3,(H,16,17). The van der Waals surface area contributed by atoms with Gasteiger partial charge >= 0.3 is 0 Å². The average molecular weight is 405 g/mol. The summed E-state index contributed by atoms with van der Waals surface area (Å²) in [5.74, 6) is -0.150. The number of H-pyrrole nitrogens is 1. The Balaban J connectivity index is 2.15. The lowest BCUT2D eigenvalue weighted by Gasteiger charge is -2.16. The fraction of sp³-hybridized carbons (Fsp3) is 0.417. The second kappa shape index (κ2) is 6.09. The molecule has 0 unspecified atom stereocenters. The number of carbonyl (C=O) groups excluding carboxylic acids is 1. The predicted molar refractivity (Wildman–Crippen MR) is 82.4 cm³/mol. The number of nitrogens with one attached hydrogen (secondary N) is 1. The van der Waals surface area contributed by atoms with Crippen LogP contribution in [-0.2, 0) is 13.1 Å². The Hall–Kier alpha value is -1.15. The number of carbonyl (C=O) groups is 1. The third-order valence-corrected chi connectivity index (χ3v) is 5.01. The zero-order valence-electron chi connectivity index (χ0n) is 11.4. The molecule has 0 spiro atoms. The van der Waals surface area contributed by atoms with Crippen molar-refractivity contribution in [2.24, 2.45) is 0 Å². The highest BCUT2D eigenvalue weighted by molar-refractivity contribution is 9.13. The average Bonchev–Trinajstić information content (AvgIpc) is 2.94. The Morgan fingerprint density at radius 1 is 1.50 bits per heavy atom. The molecule has 2 aromatic heterocycles. The van der Waals surface area contributed by atoms with E-state index in [9.17, 15) is 4.79 Å². The lowest BCUT2D eigenvalue weighted by molar-refractivity contribution is 0.0778. The van der Waals surface area contributed by atoms with Crippen molar-refractivity contribution in [3.63, 3.8) is 0 Å². The number of amides is 1. The van der Waals surface area contributed by atoms with E-state index in [2.05, 4.69) is 47.2 Å². The molecule has 0 fully saturated rings. The zero-order chi connectivity index (χ0) is 14.9. The van der Waals surface area contributed by atoms with Crippen molar-refractivity contribution in [3.05, 3.63) is 32.2 Å². The summed E-state index contributed by atoms with van der Waals surface area (Å²) in [5.41, 5.74) is 2.47. The minimum absolute atomic E-state index is 0.150. The molecule has 2 rings (SSSR count). The molecule has 0 bridgehead atoms. The molecule has 2 aromatic rings. The van der Waals surface area contributed by atoms with Crippen LogP contribution in [0, 0.1) is 6.92 Å². The fourth-order valence-electron chi connectivity index (χ4n) is 1.92. The maximum absolute atomic E-state index is 12.3. The van der Waals surface area contributed by atoms with Crippen LogP contribution >= 0.6 is 31.9 Å². The van der Waals surface area contributed by atoms with Gasteiger partial charge < -0.3 is 4.90 Å². The highest BCUT2D eigenvalue weighted by atomic mass is 79.9. The van der Waals surface area contributed by atoms with Crippen molar-refractivity contribution in [1.82, 2.24) is 24.9 Å². The second-order valence-electron chi connectivity index (χ2n) is 4.43. The van der Waals surface area contributed by atoms with E-state index in [1.807, 2.05) is 18.5 Å². The summed E-state index contributed by atoms with van der Waals surface area (Å²) in [6.07, 6.45) is 1.80. The Morgan fingerprint density at radius 2 is 2.20 bits per heavy atom. The minimum Gasteiger partial charge on any atom is -0.336 e. The molecule has 108 valence electrons.